The van der Waals surface area contributed by atoms with Crippen molar-refractivity contribution in [2.24, 2.45) is 5.73 Å². The predicted octanol–water partition coefficient (Wildman–Crippen LogP) is -0.535. The molecule has 0 heterocycles. The van der Waals surface area contributed by atoms with Crippen LogP contribution in [0, 0.1) is 0 Å². The van der Waals surface area contributed by atoms with Gasteiger partial charge in [0.05, 0.1) is 4.90 Å². The average Bonchev–Trinajstić information content (AvgIpc) is 2.31. The molecule has 0 fully saturated rings. The Hall–Kier alpha value is -1.44. The van der Waals surface area contributed by atoms with E-state index in [1.54, 1.807) is 18.2 Å². The van der Waals surface area contributed by atoms with Crippen LogP contribution in [0.3, 0.4) is 0 Å². The number of carbonyl (C=O) groups is 1. The van der Waals surface area contributed by atoms with Crippen molar-refractivity contribution < 1.29 is 17.9 Å². The average molecular weight is 258 g/mol. The molecule has 17 heavy (non-hydrogen) atoms. The topological polar surface area (TPSA) is 98.5 Å². The second-order valence-corrected chi connectivity index (χ2v) is 4.93. The highest BCUT2D eigenvalue weighted by Crippen LogP contribution is 2.07. The van der Waals surface area contributed by atoms with Gasteiger partial charge in [-0.05, 0) is 12.1 Å². The van der Waals surface area contributed by atoms with Crippen LogP contribution in [-0.2, 0) is 19.6 Å². The lowest BCUT2D eigenvalue weighted by Gasteiger charge is -2.13. The van der Waals surface area contributed by atoms with Gasteiger partial charge in [0.2, 0.25) is 0 Å². The van der Waals surface area contributed by atoms with Crippen LogP contribution >= 0.6 is 0 Å². The van der Waals surface area contributed by atoms with Gasteiger partial charge in [-0.1, -0.05) is 18.2 Å². The highest BCUT2D eigenvalue weighted by Gasteiger charge is 2.23. The number of sulfonamides is 1. The smallest absolute Gasteiger partial charge is 0.264 e. The minimum absolute atomic E-state index is 0.0141. The second-order valence-electron chi connectivity index (χ2n) is 3.24. The Bertz CT molecular complexity index is 468. The highest BCUT2D eigenvalue weighted by atomic mass is 32.2. The van der Waals surface area contributed by atoms with Crippen molar-refractivity contribution in [3.05, 3.63) is 30.3 Å². The van der Waals surface area contributed by atoms with E-state index in [1.165, 1.54) is 19.2 Å². The number of ether oxygens (including phenoxy) is 1. The summed E-state index contributed by atoms with van der Waals surface area (Å²) >= 11 is 0. The van der Waals surface area contributed by atoms with Gasteiger partial charge in [0.1, 0.15) is 6.10 Å². The Morgan fingerprint density at radius 2 is 2.00 bits per heavy atom. The summed E-state index contributed by atoms with van der Waals surface area (Å²) in [6.45, 7) is -0.0906. The van der Waals surface area contributed by atoms with Crippen LogP contribution in [0.1, 0.15) is 0 Å². The summed E-state index contributed by atoms with van der Waals surface area (Å²) in [5.74, 6) is -0.779. The van der Waals surface area contributed by atoms with Crippen LogP contribution in [-0.4, -0.2) is 34.1 Å². The van der Waals surface area contributed by atoms with Gasteiger partial charge >= 0.3 is 0 Å². The molecule has 1 aromatic rings. The van der Waals surface area contributed by atoms with E-state index < -0.39 is 22.0 Å². The molecule has 0 radical (unpaired) electrons. The number of hydrogen-bond acceptors (Lipinski definition) is 5. The standard InChI is InChI=1S/C10H14N2O4S/c1-16-9(7-11)10(13)12-17(14,15)8-5-3-2-4-6-8/h2-6,9H,7,11H2,1H3,(H,12,13). The quantitative estimate of drug-likeness (QED) is 0.739. The first-order chi connectivity index (χ1) is 8.01. The molecular weight excluding hydrogens is 244 g/mol. The molecule has 0 aromatic heterocycles. The van der Waals surface area contributed by atoms with Gasteiger partial charge in [0.25, 0.3) is 15.9 Å². The maximum absolute atomic E-state index is 11.8. The Balaban J connectivity index is 2.85. The van der Waals surface area contributed by atoms with Crippen molar-refractivity contribution in [1.82, 2.24) is 4.72 Å². The molecule has 0 aliphatic carbocycles. The SMILES string of the molecule is COC(CN)C(=O)NS(=O)(=O)c1ccccc1. The second kappa shape index (κ2) is 5.76. The van der Waals surface area contributed by atoms with Crippen LogP contribution in [0.2, 0.25) is 0 Å². The maximum Gasteiger partial charge on any atom is 0.264 e. The highest BCUT2D eigenvalue weighted by molar-refractivity contribution is 7.90. The summed E-state index contributed by atoms with van der Waals surface area (Å²) in [7, 11) is -2.58. The number of rotatable bonds is 5. The molecule has 94 valence electrons. The van der Waals surface area contributed by atoms with E-state index in [1.807, 2.05) is 4.72 Å². The van der Waals surface area contributed by atoms with E-state index in [9.17, 15) is 13.2 Å². The Labute approximate surface area is 99.8 Å². The minimum atomic E-state index is -3.86. The molecule has 0 aliphatic heterocycles. The maximum atomic E-state index is 11.8. The van der Waals surface area contributed by atoms with E-state index in [0.717, 1.165) is 0 Å². The molecule has 1 atom stereocenters. The normalized spacial score (nSPS) is 13.1. The number of methoxy groups -OCH3 is 1. The van der Waals surface area contributed by atoms with E-state index in [0.29, 0.717) is 0 Å². The molecule has 0 bridgehead atoms. The van der Waals surface area contributed by atoms with Gasteiger partial charge in [0.15, 0.2) is 0 Å². The molecule has 0 spiro atoms. The first-order valence-electron chi connectivity index (χ1n) is 4.86. The summed E-state index contributed by atoms with van der Waals surface area (Å²) in [6, 6.07) is 7.59. The summed E-state index contributed by atoms with van der Waals surface area (Å²) in [5.41, 5.74) is 5.26. The van der Waals surface area contributed by atoms with Gasteiger partial charge in [-0.15, -0.1) is 0 Å². The molecule has 1 rings (SSSR count). The third-order valence-corrected chi connectivity index (χ3v) is 3.44. The molecule has 0 saturated heterocycles. The first kappa shape index (κ1) is 13.6. The summed E-state index contributed by atoms with van der Waals surface area (Å²) < 4.78 is 30.1. The number of benzene rings is 1. The van der Waals surface area contributed by atoms with Crippen molar-refractivity contribution in [3.63, 3.8) is 0 Å². The fourth-order valence-electron chi connectivity index (χ4n) is 1.17. The zero-order valence-electron chi connectivity index (χ0n) is 9.29. The fraction of sp³-hybridized carbons (Fsp3) is 0.300. The molecule has 1 aromatic carbocycles. The van der Waals surface area contributed by atoms with Crippen molar-refractivity contribution in [2.45, 2.75) is 11.0 Å². The van der Waals surface area contributed by atoms with Gasteiger partial charge in [-0.3, -0.25) is 4.79 Å². The third kappa shape index (κ3) is 3.52. The van der Waals surface area contributed by atoms with Gasteiger partial charge in [0, 0.05) is 13.7 Å². The molecule has 7 heteroatoms. The predicted molar refractivity (Wildman–Crippen MR) is 61.6 cm³/mol. The van der Waals surface area contributed by atoms with Crippen LogP contribution in [0.4, 0.5) is 0 Å². The molecular formula is C10H14N2O4S. The summed E-state index contributed by atoms with van der Waals surface area (Å²) in [5, 5.41) is 0. The van der Waals surface area contributed by atoms with Crippen LogP contribution in [0.15, 0.2) is 35.2 Å². The fourth-order valence-corrected chi connectivity index (χ4v) is 2.20. The molecule has 3 N–H and O–H groups in total. The van der Waals surface area contributed by atoms with Crippen LogP contribution in [0.25, 0.3) is 0 Å². The Morgan fingerprint density at radius 3 is 2.47 bits per heavy atom. The number of nitrogens with two attached hydrogens (primary N) is 1. The van der Waals surface area contributed by atoms with E-state index in [-0.39, 0.29) is 11.4 Å². The lowest BCUT2D eigenvalue weighted by atomic mass is 10.3. The van der Waals surface area contributed by atoms with Crippen LogP contribution < -0.4 is 10.5 Å². The molecule has 6 nitrogen and oxygen atoms in total. The molecule has 1 unspecified atom stereocenters. The van der Waals surface area contributed by atoms with Gasteiger partial charge < -0.3 is 10.5 Å². The molecule has 0 aliphatic rings. The first-order valence-corrected chi connectivity index (χ1v) is 6.34. The van der Waals surface area contributed by atoms with Crippen molar-refractivity contribution in [2.75, 3.05) is 13.7 Å². The van der Waals surface area contributed by atoms with Crippen LogP contribution in [0.5, 0.6) is 0 Å². The number of carbonyl (C=O) groups excluding carboxylic acids is 1. The van der Waals surface area contributed by atoms with Crippen molar-refractivity contribution in [3.8, 4) is 0 Å². The third-order valence-electron chi connectivity index (χ3n) is 2.08. The Morgan fingerprint density at radius 1 is 1.41 bits per heavy atom. The van der Waals surface area contributed by atoms with Gasteiger partial charge in [-0.2, -0.15) is 0 Å². The number of hydrogen-bond donors (Lipinski definition) is 2. The largest absolute Gasteiger partial charge is 0.370 e. The Kier molecular flexibility index (Phi) is 4.62. The number of amides is 1. The molecule has 1 amide bonds. The summed E-state index contributed by atoms with van der Waals surface area (Å²) in [6.07, 6.45) is -0.978. The summed E-state index contributed by atoms with van der Waals surface area (Å²) in [4.78, 5) is 11.5. The zero-order valence-corrected chi connectivity index (χ0v) is 10.1. The zero-order chi connectivity index (χ0) is 12.9. The monoisotopic (exact) mass is 258 g/mol. The van der Waals surface area contributed by atoms with Crippen molar-refractivity contribution >= 4 is 15.9 Å². The van der Waals surface area contributed by atoms with E-state index in [4.69, 9.17) is 10.5 Å². The number of nitrogens with one attached hydrogen (secondary N) is 1. The lowest BCUT2D eigenvalue weighted by Crippen LogP contribution is -2.43. The lowest BCUT2D eigenvalue weighted by molar-refractivity contribution is -0.128. The van der Waals surface area contributed by atoms with E-state index >= 15 is 0 Å². The van der Waals surface area contributed by atoms with Crippen molar-refractivity contribution in [1.29, 1.82) is 0 Å². The van der Waals surface area contributed by atoms with Gasteiger partial charge in [-0.25, -0.2) is 13.1 Å². The molecule has 0 saturated carbocycles. The van der Waals surface area contributed by atoms with E-state index in [2.05, 4.69) is 0 Å². The minimum Gasteiger partial charge on any atom is -0.370 e.